The van der Waals surface area contributed by atoms with Crippen molar-refractivity contribution in [2.45, 2.75) is 71.9 Å². The number of piperidine rings is 1. The van der Waals surface area contributed by atoms with Crippen LogP contribution in [0.3, 0.4) is 0 Å². The number of carbonyl (C=O) groups excluding carboxylic acids is 2. The number of aryl methyl sites for hydroxylation is 3. The number of para-hydroxylation sites is 1. The molecule has 1 spiro atoms. The van der Waals surface area contributed by atoms with Crippen molar-refractivity contribution in [1.82, 2.24) is 30.1 Å². The highest BCUT2D eigenvalue weighted by Gasteiger charge is 2.41. The van der Waals surface area contributed by atoms with Gasteiger partial charge in [-0.15, -0.1) is 0 Å². The minimum atomic E-state index is -0.596. The smallest absolute Gasteiger partial charge is 0.242 e. The van der Waals surface area contributed by atoms with E-state index in [0.29, 0.717) is 13.2 Å². The van der Waals surface area contributed by atoms with Gasteiger partial charge >= 0.3 is 0 Å². The second-order valence-electron chi connectivity index (χ2n) is 11.2. The summed E-state index contributed by atoms with van der Waals surface area (Å²) >= 11 is 0. The molecule has 0 saturated carbocycles. The van der Waals surface area contributed by atoms with Crippen LogP contribution < -0.4 is 15.4 Å². The van der Waals surface area contributed by atoms with Gasteiger partial charge in [-0.05, 0) is 83.7 Å². The number of aromatic nitrogens is 3. The van der Waals surface area contributed by atoms with Crippen LogP contribution in [-0.4, -0.2) is 63.6 Å². The Balaban J connectivity index is 1.29. The lowest BCUT2D eigenvalue weighted by Gasteiger charge is -2.41. The summed E-state index contributed by atoms with van der Waals surface area (Å²) in [5.41, 5.74) is 4.76. The van der Waals surface area contributed by atoms with Gasteiger partial charge in [0.2, 0.25) is 11.8 Å². The van der Waals surface area contributed by atoms with Gasteiger partial charge in [0.15, 0.2) is 5.65 Å². The molecule has 0 radical (unpaired) electrons. The third-order valence-corrected chi connectivity index (χ3v) is 8.26. The van der Waals surface area contributed by atoms with Gasteiger partial charge in [0.05, 0.1) is 18.2 Å². The molecule has 0 bridgehead atoms. The predicted octanol–water partition coefficient (Wildman–Crippen LogP) is 3.35. The second kappa shape index (κ2) is 11.7. The predicted molar refractivity (Wildman–Crippen MR) is 150 cm³/mol. The Bertz CT molecular complexity index is 1330. The fourth-order valence-corrected chi connectivity index (χ4v) is 5.93. The maximum absolute atomic E-state index is 13.7. The van der Waals surface area contributed by atoms with Crippen molar-refractivity contribution in [1.29, 1.82) is 0 Å². The molecule has 2 aliphatic heterocycles. The summed E-state index contributed by atoms with van der Waals surface area (Å²) in [5.74, 6) is 0.688. The fourth-order valence-electron chi connectivity index (χ4n) is 5.93. The quantitative estimate of drug-likeness (QED) is 0.525. The standard InChI is InChI=1S/C30H40N6O3/c1-21-18-22(2)36-27(33-21)25(19-32-36)20-35-15-12-30(13-16-35)11-7-6-9-24-8-4-5-10-26(24)39-17-14-31-28(37)23(3)34-29(30)38/h4-5,8,10,18-19,23H,6-7,9,11-17,20H2,1-3H3,(H,31,37)(H,34,38)/t23-/m0/s1. The van der Waals surface area contributed by atoms with Crippen LogP contribution in [-0.2, 0) is 22.6 Å². The first-order chi connectivity index (χ1) is 18.8. The van der Waals surface area contributed by atoms with E-state index in [0.717, 1.165) is 86.5 Å². The van der Waals surface area contributed by atoms with Crippen LogP contribution in [0.4, 0.5) is 0 Å². The molecular weight excluding hydrogens is 492 g/mol. The summed E-state index contributed by atoms with van der Waals surface area (Å²) < 4.78 is 7.85. The molecule has 208 valence electrons. The summed E-state index contributed by atoms with van der Waals surface area (Å²) in [4.78, 5) is 33.5. The van der Waals surface area contributed by atoms with Gasteiger partial charge in [-0.25, -0.2) is 9.50 Å². The van der Waals surface area contributed by atoms with Gasteiger partial charge in [-0.3, -0.25) is 14.5 Å². The molecule has 2 aromatic heterocycles. The Morgan fingerprint density at radius 1 is 1.10 bits per heavy atom. The lowest BCUT2D eigenvalue weighted by atomic mass is 9.73. The Hall–Kier alpha value is -3.46. The van der Waals surface area contributed by atoms with Gasteiger partial charge in [0.25, 0.3) is 0 Å². The number of hydrogen-bond donors (Lipinski definition) is 2. The van der Waals surface area contributed by atoms with Gasteiger partial charge < -0.3 is 15.4 Å². The summed E-state index contributed by atoms with van der Waals surface area (Å²) in [6.07, 6.45) is 7.08. The third kappa shape index (κ3) is 6.08. The lowest BCUT2D eigenvalue weighted by molar-refractivity contribution is -0.138. The van der Waals surface area contributed by atoms with Crippen LogP contribution >= 0.6 is 0 Å². The monoisotopic (exact) mass is 532 g/mol. The summed E-state index contributed by atoms with van der Waals surface area (Å²) in [6.45, 7) is 8.98. The van der Waals surface area contributed by atoms with E-state index >= 15 is 0 Å². The SMILES string of the molecule is Cc1cc(C)n2ncc(CN3CCC4(CCCCc5ccccc5OCCNC(=O)[C@H](C)NC4=O)CC3)c2n1. The number of nitrogens with zero attached hydrogens (tertiary/aromatic N) is 4. The molecule has 0 unspecified atom stereocenters. The van der Waals surface area contributed by atoms with Crippen molar-refractivity contribution in [3.63, 3.8) is 0 Å². The van der Waals surface area contributed by atoms with Crippen molar-refractivity contribution in [2.24, 2.45) is 5.41 Å². The summed E-state index contributed by atoms with van der Waals surface area (Å²) in [7, 11) is 0. The molecule has 5 rings (SSSR count). The Kier molecular flexibility index (Phi) is 8.16. The second-order valence-corrected chi connectivity index (χ2v) is 11.2. The van der Waals surface area contributed by atoms with Crippen molar-refractivity contribution in [3.8, 4) is 5.75 Å². The van der Waals surface area contributed by atoms with E-state index in [1.54, 1.807) is 6.92 Å². The van der Waals surface area contributed by atoms with E-state index in [4.69, 9.17) is 9.72 Å². The average molecular weight is 533 g/mol. The number of hydrogen-bond acceptors (Lipinski definition) is 6. The zero-order valence-electron chi connectivity index (χ0n) is 23.3. The Labute approximate surface area is 230 Å². The Morgan fingerprint density at radius 3 is 2.72 bits per heavy atom. The zero-order valence-corrected chi connectivity index (χ0v) is 23.3. The molecule has 9 nitrogen and oxygen atoms in total. The molecule has 4 heterocycles. The van der Waals surface area contributed by atoms with Gasteiger partial charge in [0, 0.05) is 23.5 Å². The van der Waals surface area contributed by atoms with Crippen LogP contribution in [0.15, 0.2) is 36.5 Å². The minimum Gasteiger partial charge on any atom is -0.491 e. The molecular formula is C30H40N6O3. The largest absolute Gasteiger partial charge is 0.491 e. The molecule has 1 saturated heterocycles. The van der Waals surface area contributed by atoms with Crippen LogP contribution in [0.2, 0.25) is 0 Å². The van der Waals surface area contributed by atoms with E-state index < -0.39 is 11.5 Å². The minimum absolute atomic E-state index is 0.000205. The van der Waals surface area contributed by atoms with E-state index in [2.05, 4.69) is 26.7 Å². The molecule has 2 amide bonds. The summed E-state index contributed by atoms with van der Waals surface area (Å²) in [6, 6.07) is 9.54. The fraction of sp³-hybridized carbons (Fsp3) is 0.533. The van der Waals surface area contributed by atoms with Crippen LogP contribution in [0.25, 0.3) is 5.65 Å². The Morgan fingerprint density at radius 2 is 1.90 bits per heavy atom. The maximum atomic E-state index is 13.7. The lowest BCUT2D eigenvalue weighted by Crippen LogP contribution is -2.53. The van der Waals surface area contributed by atoms with E-state index in [1.165, 1.54) is 5.56 Å². The maximum Gasteiger partial charge on any atom is 0.242 e. The molecule has 9 heteroatoms. The van der Waals surface area contributed by atoms with E-state index in [9.17, 15) is 9.59 Å². The highest BCUT2D eigenvalue weighted by Crippen LogP contribution is 2.38. The average Bonchev–Trinajstić information content (AvgIpc) is 3.32. The molecule has 2 N–H and O–H groups in total. The zero-order chi connectivity index (χ0) is 27.4. The number of benzene rings is 1. The first-order valence-corrected chi connectivity index (χ1v) is 14.2. The highest BCUT2D eigenvalue weighted by molar-refractivity contribution is 5.90. The highest BCUT2D eigenvalue weighted by atomic mass is 16.5. The van der Waals surface area contributed by atoms with Crippen LogP contribution in [0, 0.1) is 19.3 Å². The summed E-state index contributed by atoms with van der Waals surface area (Å²) in [5, 5.41) is 10.5. The number of fused-ring (bicyclic) bond motifs is 2. The van der Waals surface area contributed by atoms with E-state index in [1.807, 2.05) is 48.8 Å². The number of nitrogens with one attached hydrogen (secondary N) is 2. The first kappa shape index (κ1) is 27.1. The molecule has 2 aliphatic rings. The number of rotatable bonds is 2. The van der Waals surface area contributed by atoms with Gasteiger partial charge in [0.1, 0.15) is 18.4 Å². The van der Waals surface area contributed by atoms with Crippen molar-refractivity contribution in [3.05, 3.63) is 59.0 Å². The first-order valence-electron chi connectivity index (χ1n) is 14.2. The van der Waals surface area contributed by atoms with Crippen LogP contribution in [0.5, 0.6) is 5.75 Å². The van der Waals surface area contributed by atoms with Crippen molar-refractivity contribution >= 4 is 17.5 Å². The van der Waals surface area contributed by atoms with Crippen LogP contribution in [0.1, 0.15) is 61.5 Å². The van der Waals surface area contributed by atoms with E-state index in [-0.39, 0.29) is 11.8 Å². The molecule has 3 aromatic rings. The number of ether oxygens (including phenoxy) is 1. The normalized spacial score (nSPS) is 21.4. The number of carbonyl (C=O) groups is 2. The molecule has 1 atom stereocenters. The van der Waals surface area contributed by atoms with Gasteiger partial charge in [-0.1, -0.05) is 24.6 Å². The molecule has 0 aliphatic carbocycles. The molecule has 1 fully saturated rings. The van der Waals surface area contributed by atoms with Gasteiger partial charge in [-0.2, -0.15) is 5.10 Å². The molecule has 1 aromatic carbocycles. The third-order valence-electron chi connectivity index (χ3n) is 8.26. The topological polar surface area (TPSA) is 101 Å². The number of amides is 2. The van der Waals surface area contributed by atoms with Crippen molar-refractivity contribution < 1.29 is 14.3 Å². The van der Waals surface area contributed by atoms with Crippen molar-refractivity contribution in [2.75, 3.05) is 26.2 Å². The number of likely N-dealkylation sites (tertiary alicyclic amines) is 1. The molecule has 39 heavy (non-hydrogen) atoms.